The van der Waals surface area contributed by atoms with Gasteiger partial charge in [0.25, 0.3) is 0 Å². The number of nitrogens with zero attached hydrogens (tertiary/aromatic N) is 3. The van der Waals surface area contributed by atoms with E-state index in [1.54, 1.807) is 25.2 Å². The largest absolute Gasteiger partial charge is 0.417 e. The molecular weight excluding hydrogens is 427 g/mol. The van der Waals surface area contributed by atoms with Crippen molar-refractivity contribution in [2.45, 2.75) is 42.2 Å². The van der Waals surface area contributed by atoms with Crippen LogP contribution in [0.15, 0.2) is 58.6 Å². The Morgan fingerprint density at radius 2 is 1.71 bits per heavy atom. The Morgan fingerprint density at radius 1 is 1.03 bits per heavy atom. The molecule has 2 amide bonds. The van der Waals surface area contributed by atoms with E-state index in [9.17, 15) is 18.0 Å². The number of anilines is 2. The smallest absolute Gasteiger partial charge is 0.308 e. The molecule has 0 aliphatic rings. The Hall–Kier alpha value is -3.01. The molecule has 0 unspecified atom stereocenters. The number of urea groups is 1. The van der Waals surface area contributed by atoms with Gasteiger partial charge in [-0.05, 0) is 30.3 Å². The summed E-state index contributed by atoms with van der Waals surface area (Å²) in [4.78, 5) is 16.9. The molecule has 31 heavy (non-hydrogen) atoms. The lowest BCUT2D eigenvalue weighted by molar-refractivity contribution is -0.139. The first-order chi connectivity index (χ1) is 14.4. The number of pyridine rings is 1. The first-order valence-corrected chi connectivity index (χ1v) is 10.2. The molecule has 0 atom stereocenters. The van der Waals surface area contributed by atoms with Gasteiger partial charge in [-0.15, -0.1) is 0 Å². The van der Waals surface area contributed by atoms with Crippen LogP contribution in [0.5, 0.6) is 0 Å². The molecule has 0 aliphatic carbocycles. The Labute approximate surface area is 182 Å². The van der Waals surface area contributed by atoms with Crippen molar-refractivity contribution in [2.75, 3.05) is 10.6 Å². The van der Waals surface area contributed by atoms with Crippen molar-refractivity contribution in [3.05, 3.63) is 60.0 Å². The molecule has 6 nitrogen and oxygen atoms in total. The summed E-state index contributed by atoms with van der Waals surface area (Å²) in [6.07, 6.45) is -1.55. The van der Waals surface area contributed by atoms with E-state index in [0.29, 0.717) is 10.7 Å². The topological polar surface area (TPSA) is 71.8 Å². The molecule has 0 saturated heterocycles. The SMILES string of the molecule is Cn1nc(C(C)(C)C)cc1NC(=O)Nc1ccc(Sc2ccncc2)c(C(F)(F)F)c1. The molecule has 164 valence electrons. The maximum atomic E-state index is 13.6. The van der Waals surface area contributed by atoms with Gasteiger partial charge in [-0.3, -0.25) is 15.0 Å². The Kier molecular flexibility index (Phi) is 6.30. The lowest BCUT2D eigenvalue weighted by Gasteiger charge is -2.15. The van der Waals surface area contributed by atoms with E-state index >= 15 is 0 Å². The Balaban J connectivity index is 1.79. The van der Waals surface area contributed by atoms with Crippen LogP contribution >= 0.6 is 11.8 Å². The summed E-state index contributed by atoms with van der Waals surface area (Å²) in [5, 5.41) is 9.44. The van der Waals surface area contributed by atoms with Crippen LogP contribution in [0.2, 0.25) is 0 Å². The average Bonchev–Trinajstić information content (AvgIpc) is 3.04. The third kappa shape index (κ3) is 5.78. The lowest BCUT2D eigenvalue weighted by atomic mass is 9.92. The van der Waals surface area contributed by atoms with Crippen LogP contribution in [0.4, 0.5) is 29.5 Å². The average molecular weight is 450 g/mol. The number of aryl methyl sites for hydroxylation is 1. The molecule has 0 saturated carbocycles. The molecule has 0 spiro atoms. The molecule has 0 aliphatic heterocycles. The standard InChI is InChI=1S/C21H22F3N5OS/c1-20(2,3)17-12-18(29(4)28-17)27-19(30)26-13-5-6-16(15(11-13)21(22,23)24)31-14-7-9-25-10-8-14/h5-12H,1-4H3,(H2,26,27,30). The number of benzene rings is 1. The zero-order chi connectivity index (χ0) is 22.8. The normalized spacial score (nSPS) is 12.0. The van der Waals surface area contributed by atoms with Crippen LogP contribution in [0.25, 0.3) is 0 Å². The Bertz CT molecular complexity index is 1070. The fraction of sp³-hybridized carbons (Fsp3) is 0.286. The molecule has 2 aromatic heterocycles. The molecular formula is C21H22F3N5OS. The number of carbonyl (C=O) groups excluding carboxylic acids is 1. The summed E-state index contributed by atoms with van der Waals surface area (Å²) in [5.41, 5.74) is -0.232. The number of rotatable bonds is 4. The van der Waals surface area contributed by atoms with Gasteiger partial charge >= 0.3 is 12.2 Å². The maximum Gasteiger partial charge on any atom is 0.417 e. The zero-order valence-corrected chi connectivity index (χ0v) is 18.2. The molecule has 10 heteroatoms. The molecule has 3 aromatic rings. The van der Waals surface area contributed by atoms with Crippen LogP contribution < -0.4 is 10.6 Å². The highest BCUT2D eigenvalue weighted by molar-refractivity contribution is 7.99. The van der Waals surface area contributed by atoms with E-state index in [-0.39, 0.29) is 16.0 Å². The number of amides is 2. The number of hydrogen-bond acceptors (Lipinski definition) is 4. The second kappa shape index (κ2) is 8.62. The molecule has 3 rings (SSSR count). The summed E-state index contributed by atoms with van der Waals surface area (Å²) >= 11 is 0.978. The molecule has 0 fully saturated rings. The fourth-order valence-electron chi connectivity index (χ4n) is 2.68. The van der Waals surface area contributed by atoms with Crippen LogP contribution in [0.1, 0.15) is 32.0 Å². The number of carbonyl (C=O) groups is 1. The first-order valence-electron chi connectivity index (χ1n) is 9.35. The number of halogens is 3. The maximum absolute atomic E-state index is 13.6. The van der Waals surface area contributed by atoms with Crippen molar-refractivity contribution in [1.29, 1.82) is 0 Å². The van der Waals surface area contributed by atoms with E-state index in [0.717, 1.165) is 23.5 Å². The lowest BCUT2D eigenvalue weighted by Crippen LogP contribution is -2.21. The number of hydrogen-bond donors (Lipinski definition) is 2. The third-order valence-corrected chi connectivity index (χ3v) is 5.39. The predicted molar refractivity (Wildman–Crippen MR) is 114 cm³/mol. The summed E-state index contributed by atoms with van der Waals surface area (Å²) in [5.74, 6) is 0.434. The zero-order valence-electron chi connectivity index (χ0n) is 17.4. The highest BCUT2D eigenvalue weighted by atomic mass is 32.2. The second-order valence-electron chi connectivity index (χ2n) is 7.86. The van der Waals surface area contributed by atoms with Gasteiger partial charge in [0.15, 0.2) is 0 Å². The van der Waals surface area contributed by atoms with Gasteiger partial charge < -0.3 is 5.32 Å². The minimum atomic E-state index is -4.58. The molecule has 0 radical (unpaired) electrons. The minimum absolute atomic E-state index is 0.0297. The van der Waals surface area contributed by atoms with Gasteiger partial charge in [-0.1, -0.05) is 32.5 Å². The first kappa shape index (κ1) is 22.7. The predicted octanol–water partition coefficient (Wildman–Crippen LogP) is 5.93. The van der Waals surface area contributed by atoms with Crippen molar-refractivity contribution >= 4 is 29.3 Å². The van der Waals surface area contributed by atoms with Crippen molar-refractivity contribution in [3.8, 4) is 0 Å². The number of aromatic nitrogens is 3. The van der Waals surface area contributed by atoms with Crippen LogP contribution in [-0.2, 0) is 18.6 Å². The molecule has 1 aromatic carbocycles. The van der Waals surface area contributed by atoms with Crippen molar-refractivity contribution in [2.24, 2.45) is 7.05 Å². The van der Waals surface area contributed by atoms with E-state index in [1.165, 1.54) is 29.2 Å². The summed E-state index contributed by atoms with van der Waals surface area (Å²) < 4.78 is 42.4. The van der Waals surface area contributed by atoms with Crippen LogP contribution in [0.3, 0.4) is 0 Å². The van der Waals surface area contributed by atoms with Crippen LogP contribution in [-0.4, -0.2) is 20.8 Å². The van der Waals surface area contributed by atoms with Gasteiger partial charge in [0.05, 0.1) is 11.3 Å². The number of alkyl halides is 3. The number of nitrogens with one attached hydrogen (secondary N) is 2. The van der Waals surface area contributed by atoms with Crippen molar-refractivity contribution < 1.29 is 18.0 Å². The summed E-state index contributed by atoms with van der Waals surface area (Å²) in [7, 11) is 1.68. The quantitative estimate of drug-likeness (QED) is 0.518. The van der Waals surface area contributed by atoms with E-state index in [4.69, 9.17) is 0 Å². The van der Waals surface area contributed by atoms with E-state index in [1.807, 2.05) is 20.8 Å². The van der Waals surface area contributed by atoms with E-state index in [2.05, 4.69) is 20.7 Å². The molecule has 0 bridgehead atoms. The highest BCUT2D eigenvalue weighted by Crippen LogP contribution is 2.40. The second-order valence-corrected chi connectivity index (χ2v) is 8.98. The molecule has 2 heterocycles. The van der Waals surface area contributed by atoms with Gasteiger partial charge in [0.2, 0.25) is 0 Å². The minimum Gasteiger partial charge on any atom is -0.308 e. The van der Waals surface area contributed by atoms with Gasteiger partial charge in [-0.25, -0.2) is 4.79 Å². The highest BCUT2D eigenvalue weighted by Gasteiger charge is 2.34. The fourth-order valence-corrected chi connectivity index (χ4v) is 3.61. The van der Waals surface area contributed by atoms with Crippen molar-refractivity contribution in [1.82, 2.24) is 14.8 Å². The summed E-state index contributed by atoms with van der Waals surface area (Å²) in [6, 6.07) is 8.02. The van der Waals surface area contributed by atoms with Gasteiger partial charge in [0, 0.05) is 46.4 Å². The Morgan fingerprint density at radius 3 is 2.29 bits per heavy atom. The molecule has 2 N–H and O–H groups in total. The monoisotopic (exact) mass is 449 g/mol. The van der Waals surface area contributed by atoms with Gasteiger partial charge in [-0.2, -0.15) is 18.3 Å². The van der Waals surface area contributed by atoms with Crippen molar-refractivity contribution in [3.63, 3.8) is 0 Å². The summed E-state index contributed by atoms with van der Waals surface area (Å²) in [6.45, 7) is 5.97. The van der Waals surface area contributed by atoms with E-state index < -0.39 is 17.8 Å². The third-order valence-electron chi connectivity index (χ3n) is 4.31. The van der Waals surface area contributed by atoms with Gasteiger partial charge in [0.1, 0.15) is 5.82 Å². The van der Waals surface area contributed by atoms with Crippen LogP contribution in [0, 0.1) is 0 Å².